The van der Waals surface area contributed by atoms with Crippen molar-refractivity contribution < 1.29 is 12.8 Å². The van der Waals surface area contributed by atoms with Crippen molar-refractivity contribution in [2.24, 2.45) is 0 Å². The zero-order valence-corrected chi connectivity index (χ0v) is 16.8. The van der Waals surface area contributed by atoms with Crippen molar-refractivity contribution in [3.8, 4) is 0 Å². The van der Waals surface area contributed by atoms with E-state index < -0.39 is 15.3 Å². The maximum Gasteiger partial charge on any atom is 0.214 e. The van der Waals surface area contributed by atoms with Crippen molar-refractivity contribution in [3.05, 3.63) is 65.2 Å². The molecule has 0 radical (unpaired) electrons. The van der Waals surface area contributed by atoms with E-state index >= 15 is 0 Å². The highest BCUT2D eigenvalue weighted by molar-refractivity contribution is 7.90. The summed E-state index contributed by atoms with van der Waals surface area (Å²) in [5.41, 5.74) is 2.19. The highest BCUT2D eigenvalue weighted by Crippen LogP contribution is 2.24. The van der Waals surface area contributed by atoms with Crippen LogP contribution in [-0.4, -0.2) is 23.6 Å². The fraction of sp³-hybridized carbons (Fsp3) is 0.300. The van der Waals surface area contributed by atoms with Crippen LogP contribution in [-0.2, 0) is 23.1 Å². The number of hydrogen-bond donors (Lipinski definition) is 2. The zero-order valence-electron chi connectivity index (χ0n) is 16.0. The van der Waals surface area contributed by atoms with Gasteiger partial charge in [-0.1, -0.05) is 30.3 Å². The second kappa shape index (κ2) is 8.20. The molecule has 0 saturated carbocycles. The molecule has 0 aliphatic heterocycles. The molecule has 0 spiro atoms. The predicted octanol–water partition coefficient (Wildman–Crippen LogP) is 3.52. The van der Waals surface area contributed by atoms with Gasteiger partial charge in [0.05, 0.1) is 17.3 Å². The Morgan fingerprint density at radius 1 is 1.04 bits per heavy atom. The predicted molar refractivity (Wildman–Crippen MR) is 109 cm³/mol. The molecule has 2 aromatic carbocycles. The third-order valence-electron chi connectivity index (χ3n) is 4.43. The van der Waals surface area contributed by atoms with Gasteiger partial charge in [-0.25, -0.2) is 27.5 Å². The molecule has 0 amide bonds. The highest BCUT2D eigenvalue weighted by Gasteiger charge is 2.17. The van der Waals surface area contributed by atoms with Crippen LogP contribution in [0.25, 0.3) is 10.9 Å². The average Bonchev–Trinajstić information content (AvgIpc) is 2.66. The van der Waals surface area contributed by atoms with Crippen LogP contribution in [0.5, 0.6) is 0 Å². The molecular weight excluding hydrogens is 379 g/mol. The molecule has 28 heavy (non-hydrogen) atoms. The van der Waals surface area contributed by atoms with Gasteiger partial charge in [-0.3, -0.25) is 0 Å². The van der Waals surface area contributed by atoms with E-state index in [1.54, 1.807) is 32.0 Å². The Morgan fingerprint density at radius 2 is 1.79 bits per heavy atom. The minimum atomic E-state index is -3.43. The number of fused-ring (bicyclic) bond motifs is 1. The minimum Gasteiger partial charge on any atom is -0.365 e. The first kappa shape index (κ1) is 20.2. The number of anilines is 1. The van der Waals surface area contributed by atoms with E-state index in [1.807, 2.05) is 25.1 Å². The molecular formula is C20H23FN4O2S. The lowest BCUT2D eigenvalue weighted by Crippen LogP contribution is -2.31. The number of aromatic nitrogens is 2. The second-order valence-electron chi connectivity index (χ2n) is 6.82. The van der Waals surface area contributed by atoms with E-state index in [2.05, 4.69) is 20.0 Å². The molecule has 148 valence electrons. The van der Waals surface area contributed by atoms with Crippen LogP contribution in [0.2, 0.25) is 0 Å². The molecule has 3 rings (SSSR count). The van der Waals surface area contributed by atoms with Gasteiger partial charge < -0.3 is 5.32 Å². The molecule has 0 unspecified atom stereocenters. The van der Waals surface area contributed by atoms with Gasteiger partial charge in [-0.05, 0) is 38.5 Å². The Hall–Kier alpha value is -2.58. The van der Waals surface area contributed by atoms with E-state index in [9.17, 15) is 12.8 Å². The van der Waals surface area contributed by atoms with E-state index in [4.69, 9.17) is 0 Å². The fourth-order valence-corrected chi connectivity index (χ4v) is 3.37. The molecule has 0 aliphatic carbocycles. The number of para-hydroxylation sites is 1. The molecule has 1 aromatic heterocycles. The molecule has 0 bridgehead atoms. The van der Waals surface area contributed by atoms with Crippen LogP contribution in [0, 0.1) is 12.7 Å². The van der Waals surface area contributed by atoms with Gasteiger partial charge in [0.1, 0.15) is 17.5 Å². The summed E-state index contributed by atoms with van der Waals surface area (Å²) in [5, 5.41) is 3.41. The molecule has 0 saturated heterocycles. The average molecular weight is 402 g/mol. The molecule has 2 N–H and O–H groups in total. The Labute approximate surface area is 164 Å². The van der Waals surface area contributed by atoms with Gasteiger partial charge in [0.15, 0.2) is 0 Å². The number of benzene rings is 2. The van der Waals surface area contributed by atoms with Gasteiger partial charge in [0.2, 0.25) is 10.0 Å². The maximum atomic E-state index is 13.9. The number of hydrogen-bond acceptors (Lipinski definition) is 5. The van der Waals surface area contributed by atoms with Crippen molar-refractivity contribution in [1.29, 1.82) is 0 Å². The molecule has 8 heteroatoms. The third kappa shape index (κ3) is 4.45. The van der Waals surface area contributed by atoms with Gasteiger partial charge in [-0.2, -0.15) is 0 Å². The standard InChI is InChI=1S/C20H23FN4O2S/c1-13(2)28(26,27)23-12-18-24-19-14(3)7-6-9-16(19)20(25-18)22-11-15-8-4-5-10-17(15)21/h4-10,13,23H,11-12H2,1-3H3,(H,22,24,25). The second-order valence-corrected chi connectivity index (χ2v) is 9.14. The SMILES string of the molecule is Cc1cccc2c(NCc3ccccc3F)nc(CNS(=O)(=O)C(C)C)nc12. The molecule has 3 aromatic rings. The van der Waals surface area contributed by atoms with Crippen LogP contribution in [0.1, 0.15) is 30.8 Å². The first-order valence-corrected chi connectivity index (χ1v) is 10.5. The molecule has 0 fully saturated rings. The Bertz CT molecular complexity index is 1100. The summed E-state index contributed by atoms with van der Waals surface area (Å²) >= 11 is 0. The third-order valence-corrected chi connectivity index (χ3v) is 6.22. The van der Waals surface area contributed by atoms with E-state index in [-0.39, 0.29) is 18.9 Å². The Kier molecular flexibility index (Phi) is 5.90. The molecule has 1 heterocycles. The number of sulfonamides is 1. The number of rotatable bonds is 7. The minimum absolute atomic E-state index is 0.0147. The number of aryl methyl sites for hydroxylation is 1. The van der Waals surface area contributed by atoms with Crippen molar-refractivity contribution in [3.63, 3.8) is 0 Å². The van der Waals surface area contributed by atoms with Crippen molar-refractivity contribution in [2.45, 2.75) is 39.1 Å². The summed E-state index contributed by atoms with van der Waals surface area (Å²) in [5.74, 6) is 0.590. The quantitative estimate of drug-likeness (QED) is 0.632. The summed E-state index contributed by atoms with van der Waals surface area (Å²) in [6, 6.07) is 12.2. The van der Waals surface area contributed by atoms with Gasteiger partial charge in [0, 0.05) is 17.5 Å². The number of nitrogens with one attached hydrogen (secondary N) is 2. The fourth-order valence-electron chi connectivity index (χ4n) is 2.71. The van der Waals surface area contributed by atoms with Crippen LogP contribution < -0.4 is 10.0 Å². The van der Waals surface area contributed by atoms with E-state index in [0.717, 1.165) is 16.5 Å². The van der Waals surface area contributed by atoms with Gasteiger partial charge in [0.25, 0.3) is 0 Å². The summed E-state index contributed by atoms with van der Waals surface area (Å²) in [4.78, 5) is 9.00. The first-order valence-electron chi connectivity index (χ1n) is 9.00. The maximum absolute atomic E-state index is 13.9. The molecule has 6 nitrogen and oxygen atoms in total. The van der Waals surface area contributed by atoms with Crippen LogP contribution >= 0.6 is 0 Å². The number of nitrogens with zero attached hydrogens (tertiary/aromatic N) is 2. The summed E-state index contributed by atoms with van der Waals surface area (Å²) in [6.45, 7) is 5.38. The lowest BCUT2D eigenvalue weighted by Gasteiger charge is -2.14. The summed E-state index contributed by atoms with van der Waals surface area (Å²) in [7, 11) is -3.43. The molecule has 0 atom stereocenters. The zero-order chi connectivity index (χ0) is 20.3. The Balaban J connectivity index is 1.94. The molecule has 0 aliphatic rings. The van der Waals surface area contributed by atoms with Crippen LogP contribution in [0.4, 0.5) is 10.2 Å². The van der Waals surface area contributed by atoms with E-state index in [1.165, 1.54) is 6.07 Å². The van der Waals surface area contributed by atoms with Gasteiger partial charge >= 0.3 is 0 Å². The Morgan fingerprint density at radius 3 is 2.50 bits per heavy atom. The topological polar surface area (TPSA) is 84.0 Å². The first-order chi connectivity index (χ1) is 13.3. The monoisotopic (exact) mass is 402 g/mol. The van der Waals surface area contributed by atoms with Crippen molar-refractivity contribution in [1.82, 2.24) is 14.7 Å². The number of halogens is 1. The van der Waals surface area contributed by atoms with Crippen LogP contribution in [0.3, 0.4) is 0 Å². The highest BCUT2D eigenvalue weighted by atomic mass is 32.2. The largest absolute Gasteiger partial charge is 0.365 e. The van der Waals surface area contributed by atoms with Crippen molar-refractivity contribution in [2.75, 3.05) is 5.32 Å². The smallest absolute Gasteiger partial charge is 0.214 e. The summed E-state index contributed by atoms with van der Waals surface area (Å²) in [6.07, 6.45) is 0. The summed E-state index contributed by atoms with van der Waals surface area (Å²) < 4.78 is 40.5. The van der Waals surface area contributed by atoms with Crippen LogP contribution in [0.15, 0.2) is 42.5 Å². The normalized spacial score (nSPS) is 11.9. The van der Waals surface area contributed by atoms with Crippen molar-refractivity contribution >= 4 is 26.7 Å². The lowest BCUT2D eigenvalue weighted by atomic mass is 10.1. The lowest BCUT2D eigenvalue weighted by molar-refractivity contribution is 0.570. The van der Waals surface area contributed by atoms with E-state index in [0.29, 0.717) is 17.2 Å². The van der Waals surface area contributed by atoms with Gasteiger partial charge in [-0.15, -0.1) is 0 Å².